The number of rotatable bonds is 5. The minimum Gasteiger partial charge on any atom is -0.424 e. The van der Waals surface area contributed by atoms with Gasteiger partial charge in [0.1, 0.15) is 17.8 Å². The van der Waals surface area contributed by atoms with Crippen molar-refractivity contribution < 1.29 is 38.4 Å². The molecule has 1 amide bonds. The second kappa shape index (κ2) is 10.6. The molecule has 9 aliphatic rings. The van der Waals surface area contributed by atoms with E-state index in [1.54, 1.807) is 5.92 Å². The molecule has 0 aromatic rings. The molecule has 2 spiro atoms. The van der Waals surface area contributed by atoms with Gasteiger partial charge in [-0.3, -0.25) is 4.79 Å². The van der Waals surface area contributed by atoms with E-state index in [-0.39, 0.29) is 57.2 Å². The third kappa shape index (κ3) is 4.43. The van der Waals surface area contributed by atoms with Crippen molar-refractivity contribution in [2.45, 2.75) is 149 Å². The highest BCUT2D eigenvalue weighted by Crippen LogP contribution is 2.90. The zero-order valence-corrected chi connectivity index (χ0v) is 30.8. The van der Waals surface area contributed by atoms with E-state index in [0.29, 0.717) is 50.5 Å². The topological polar surface area (TPSA) is 104 Å². The largest absolute Gasteiger partial charge is 0.509 e. The van der Waals surface area contributed by atoms with Crippen molar-refractivity contribution in [3.63, 3.8) is 0 Å². The van der Waals surface area contributed by atoms with E-state index < -0.39 is 24.0 Å². The van der Waals surface area contributed by atoms with E-state index in [9.17, 15) is 14.7 Å². The molecule has 0 aromatic carbocycles. The molecule has 3 radical (unpaired) electrons. The van der Waals surface area contributed by atoms with Gasteiger partial charge in [0.05, 0.1) is 25.4 Å². The summed E-state index contributed by atoms with van der Waals surface area (Å²) in [6.07, 6.45) is 10.8. The van der Waals surface area contributed by atoms with Crippen molar-refractivity contribution in [1.82, 2.24) is 4.90 Å². The number of carbonyl (C=O) groups excluding carboxylic acids is 2. The Balaban J connectivity index is 0.936. The molecule has 9 rings (SSSR count). The van der Waals surface area contributed by atoms with Crippen LogP contribution in [0.4, 0.5) is 4.79 Å². The molecule has 9 fully saturated rings. The first kappa shape index (κ1) is 33.4. The number of nitrogens with zero attached hydrogens (tertiary/aromatic N) is 1. The van der Waals surface area contributed by atoms with Gasteiger partial charge in [-0.1, -0.05) is 34.6 Å². The van der Waals surface area contributed by atoms with Crippen LogP contribution in [-0.4, -0.2) is 72.0 Å². The minimum atomic E-state index is -0.813. The quantitative estimate of drug-likeness (QED) is 0.318. The fourth-order valence-corrected chi connectivity index (χ4v) is 13.6. The van der Waals surface area contributed by atoms with Crippen molar-refractivity contribution in [2.24, 2.45) is 50.7 Å². The Morgan fingerprint density at radius 2 is 1.82 bits per heavy atom. The number of carbonyl (C=O) groups is 2. The van der Waals surface area contributed by atoms with E-state index in [2.05, 4.69) is 34.6 Å². The molecule has 0 bridgehead atoms. The third-order valence-corrected chi connectivity index (χ3v) is 16.3. The average molecular weight is 681 g/mol. The maximum atomic E-state index is 12.9. The van der Waals surface area contributed by atoms with Gasteiger partial charge in [-0.05, 0) is 123 Å². The number of hydrogen-bond donors (Lipinski definition) is 1. The Morgan fingerprint density at radius 1 is 1.04 bits per heavy atom. The number of hydrogen-bond acceptors (Lipinski definition) is 8. The summed E-state index contributed by atoms with van der Waals surface area (Å²) in [5, 5.41) is 12.5. The van der Waals surface area contributed by atoms with E-state index in [1.165, 1.54) is 25.7 Å². The van der Waals surface area contributed by atoms with Gasteiger partial charge in [-0.2, -0.15) is 0 Å². The summed E-state index contributed by atoms with van der Waals surface area (Å²) in [6.45, 7) is 17.4. The molecule has 3 saturated heterocycles. The Kier molecular flexibility index (Phi) is 7.22. The lowest BCUT2D eigenvalue weighted by Gasteiger charge is -2.63. The highest BCUT2D eigenvalue weighted by atomic mass is 16.8. The standard InChI is InChI=1S/C40H58NO8/c1-22-18-24(33-36(4,5)49-34(44)48-33)46-31-30(22)37(6)14-15-40-21-39(40)13-12-27(35(2,3)25(39)10-11-26(40)38(37,7)32(31)43)47-29-20-41(16-17-45-29)28(42)19-23-8-9-23/h22-23,25,27,29-30,32-33,43H,8-21H2,1-7H3/t22-,25+,27?,29+,30+,32+,33+,37-,38-,39-,40+/m1/s1. The number of morpholine rings is 1. The van der Waals surface area contributed by atoms with Gasteiger partial charge in [0.25, 0.3) is 0 Å². The van der Waals surface area contributed by atoms with E-state index in [0.717, 1.165) is 38.2 Å². The number of ether oxygens (including phenoxy) is 5. The summed E-state index contributed by atoms with van der Waals surface area (Å²) in [7, 11) is 0. The molecule has 11 atom stereocenters. The molecule has 6 saturated carbocycles. The fraction of sp³-hybridized carbons (Fsp3) is 0.875. The van der Waals surface area contributed by atoms with Crippen molar-refractivity contribution in [3.05, 3.63) is 18.1 Å². The SMILES string of the molecule is C[C@@H]1C[C]([C@@H]2OC(=O)OC2(C)C)O[C]2[C@H]1[C@@]1(C)CC[C@@]34C[C@@]35CCC(O[C@H]3CN(C(=O)CC6CC6)CCO3)C(C)(C)[C@@H]5CC[C]4[C@]1(C)[C@H]2O. The molecular weight excluding hydrogens is 622 g/mol. The molecule has 49 heavy (non-hydrogen) atoms. The smallest absolute Gasteiger partial charge is 0.424 e. The van der Waals surface area contributed by atoms with Crippen LogP contribution in [-0.2, 0) is 28.5 Å². The van der Waals surface area contributed by atoms with Crippen LogP contribution in [0.5, 0.6) is 0 Å². The Hall–Kier alpha value is -1.42. The molecule has 0 aromatic heterocycles. The zero-order chi connectivity index (χ0) is 34.5. The van der Waals surface area contributed by atoms with Crippen molar-refractivity contribution in [1.29, 1.82) is 0 Å². The maximum absolute atomic E-state index is 12.9. The molecule has 3 heterocycles. The first-order valence-corrected chi connectivity index (χ1v) is 19.5. The van der Waals surface area contributed by atoms with Gasteiger partial charge in [-0.15, -0.1) is 0 Å². The first-order chi connectivity index (χ1) is 23.1. The van der Waals surface area contributed by atoms with Crippen LogP contribution in [0.15, 0.2) is 0 Å². The lowest BCUT2D eigenvalue weighted by Crippen LogP contribution is -2.59. The Bertz CT molecular complexity index is 1400. The number of aliphatic hydroxyl groups excluding tert-OH is 1. The van der Waals surface area contributed by atoms with E-state index >= 15 is 0 Å². The summed E-state index contributed by atoms with van der Waals surface area (Å²) in [6, 6.07) is 0. The molecule has 271 valence electrons. The first-order valence-electron chi connectivity index (χ1n) is 19.5. The Morgan fingerprint density at radius 3 is 2.53 bits per heavy atom. The normalized spacial score (nSPS) is 50.3. The van der Waals surface area contributed by atoms with E-state index in [4.69, 9.17) is 23.7 Å². The van der Waals surface area contributed by atoms with Gasteiger partial charge < -0.3 is 33.7 Å². The number of cyclic esters (lactones) is 2. The highest BCUT2D eigenvalue weighted by Gasteiger charge is 2.85. The van der Waals surface area contributed by atoms with Crippen LogP contribution in [0.1, 0.15) is 119 Å². The van der Waals surface area contributed by atoms with Gasteiger partial charge in [0.2, 0.25) is 5.91 Å². The number of aliphatic hydroxyl groups is 1. The van der Waals surface area contributed by atoms with Crippen LogP contribution in [0.2, 0.25) is 0 Å². The molecule has 6 aliphatic carbocycles. The van der Waals surface area contributed by atoms with Gasteiger partial charge in [0, 0.05) is 24.3 Å². The maximum Gasteiger partial charge on any atom is 0.509 e. The predicted octanol–water partition coefficient (Wildman–Crippen LogP) is 6.77. The zero-order valence-electron chi connectivity index (χ0n) is 30.8. The molecule has 1 N–H and O–H groups in total. The van der Waals surface area contributed by atoms with Crippen LogP contribution < -0.4 is 0 Å². The number of fused-ring (bicyclic) bond motifs is 4. The average Bonchev–Trinajstić information content (AvgIpc) is 3.94. The lowest BCUT2D eigenvalue weighted by molar-refractivity contribution is -0.242. The van der Waals surface area contributed by atoms with Crippen molar-refractivity contribution in [2.75, 3.05) is 19.7 Å². The summed E-state index contributed by atoms with van der Waals surface area (Å²) < 4.78 is 30.8. The summed E-state index contributed by atoms with van der Waals surface area (Å²) in [5.74, 6) is 3.38. The molecule has 3 aliphatic heterocycles. The van der Waals surface area contributed by atoms with Gasteiger partial charge >= 0.3 is 6.16 Å². The monoisotopic (exact) mass is 680 g/mol. The van der Waals surface area contributed by atoms with Crippen molar-refractivity contribution >= 4 is 12.1 Å². The predicted molar refractivity (Wildman–Crippen MR) is 179 cm³/mol. The second-order valence-electron chi connectivity index (χ2n) is 19.4. The third-order valence-electron chi connectivity index (χ3n) is 16.3. The lowest BCUT2D eigenvalue weighted by atomic mass is 9.41. The van der Waals surface area contributed by atoms with E-state index in [1.807, 2.05) is 18.7 Å². The van der Waals surface area contributed by atoms with Crippen LogP contribution in [0, 0.1) is 68.9 Å². The fourth-order valence-electron chi connectivity index (χ4n) is 13.6. The summed E-state index contributed by atoms with van der Waals surface area (Å²) in [4.78, 5) is 27.0. The highest BCUT2D eigenvalue weighted by molar-refractivity contribution is 5.76. The number of amides is 1. The minimum absolute atomic E-state index is 0.0231. The Labute approximate surface area is 292 Å². The van der Waals surface area contributed by atoms with Gasteiger partial charge in [-0.25, -0.2) is 4.79 Å². The molecule has 9 heteroatoms. The van der Waals surface area contributed by atoms with Gasteiger partial charge in [0.15, 0.2) is 12.4 Å². The molecular formula is C40H58NO8. The summed E-state index contributed by atoms with van der Waals surface area (Å²) in [5.41, 5.74) is -0.932. The van der Waals surface area contributed by atoms with Crippen LogP contribution in [0.3, 0.4) is 0 Å². The second-order valence-corrected chi connectivity index (χ2v) is 19.4. The van der Waals surface area contributed by atoms with Crippen molar-refractivity contribution in [3.8, 4) is 0 Å². The molecule has 1 unspecified atom stereocenters. The van der Waals surface area contributed by atoms with Crippen LogP contribution in [0.25, 0.3) is 0 Å². The van der Waals surface area contributed by atoms with Crippen LogP contribution >= 0.6 is 0 Å². The molecule has 9 nitrogen and oxygen atoms in total. The summed E-state index contributed by atoms with van der Waals surface area (Å²) >= 11 is 0.